The first-order valence-electron chi connectivity index (χ1n) is 6.79. The van der Waals surface area contributed by atoms with Crippen molar-refractivity contribution < 1.29 is 9.59 Å². The van der Waals surface area contributed by atoms with Gasteiger partial charge >= 0.3 is 6.03 Å². The summed E-state index contributed by atoms with van der Waals surface area (Å²) in [6.07, 6.45) is 4.58. The van der Waals surface area contributed by atoms with Gasteiger partial charge in [0.25, 0.3) is 5.91 Å². The summed E-state index contributed by atoms with van der Waals surface area (Å²) in [5, 5.41) is 10.6. The lowest BCUT2D eigenvalue weighted by atomic mass is 9.82. The number of imide groups is 1. The average Bonchev–Trinajstić information content (AvgIpc) is 2.99. The van der Waals surface area contributed by atoms with Crippen LogP contribution in [0.5, 0.6) is 0 Å². The van der Waals surface area contributed by atoms with Crippen molar-refractivity contribution in [2.24, 2.45) is 0 Å². The van der Waals surface area contributed by atoms with Gasteiger partial charge < -0.3 is 10.6 Å². The van der Waals surface area contributed by atoms with E-state index in [1.165, 1.54) is 16.4 Å². The average molecular weight is 295 g/mol. The highest BCUT2D eigenvalue weighted by Gasteiger charge is 2.51. The molecule has 1 saturated carbocycles. The molecule has 0 aromatic carbocycles. The van der Waals surface area contributed by atoms with E-state index in [4.69, 9.17) is 0 Å². The molecule has 1 aliphatic heterocycles. The number of hydrogen-bond donors (Lipinski definition) is 2. The summed E-state index contributed by atoms with van der Waals surface area (Å²) < 4.78 is 3.85. The molecule has 20 heavy (non-hydrogen) atoms. The van der Waals surface area contributed by atoms with Gasteiger partial charge in [-0.1, -0.05) is 23.8 Å². The fraction of sp³-hybridized carbons (Fsp3) is 0.667. The molecule has 2 heterocycles. The lowest BCUT2D eigenvalue weighted by Gasteiger charge is -2.30. The van der Waals surface area contributed by atoms with Crippen molar-refractivity contribution >= 4 is 28.5 Å². The van der Waals surface area contributed by atoms with Gasteiger partial charge in [0.05, 0.1) is 6.54 Å². The van der Waals surface area contributed by atoms with E-state index in [-0.39, 0.29) is 18.5 Å². The molecule has 7 nitrogen and oxygen atoms in total. The van der Waals surface area contributed by atoms with Crippen molar-refractivity contribution in [3.63, 3.8) is 0 Å². The van der Waals surface area contributed by atoms with Gasteiger partial charge in [0.2, 0.25) is 0 Å². The van der Waals surface area contributed by atoms with Gasteiger partial charge in [-0.25, -0.2) is 4.79 Å². The Morgan fingerprint density at radius 2 is 2.10 bits per heavy atom. The number of rotatable bonds is 3. The summed E-state index contributed by atoms with van der Waals surface area (Å²) in [6, 6.07) is -0.313. The molecular weight excluding hydrogens is 278 g/mol. The maximum Gasteiger partial charge on any atom is 0.325 e. The molecular formula is C12H17N5O2S. The van der Waals surface area contributed by atoms with E-state index in [0.29, 0.717) is 5.69 Å². The predicted molar refractivity (Wildman–Crippen MR) is 74.4 cm³/mol. The van der Waals surface area contributed by atoms with Crippen LogP contribution in [-0.2, 0) is 11.3 Å². The Morgan fingerprint density at radius 1 is 1.35 bits per heavy atom. The Morgan fingerprint density at radius 3 is 2.80 bits per heavy atom. The van der Waals surface area contributed by atoms with E-state index in [9.17, 15) is 9.59 Å². The van der Waals surface area contributed by atoms with Gasteiger partial charge in [-0.15, -0.1) is 5.10 Å². The third kappa shape index (κ3) is 2.04. The van der Waals surface area contributed by atoms with Crippen LogP contribution in [0.2, 0.25) is 0 Å². The normalized spacial score (nSPS) is 21.4. The molecule has 8 heteroatoms. The minimum atomic E-state index is -0.668. The molecule has 1 spiro atoms. The van der Waals surface area contributed by atoms with E-state index in [2.05, 4.69) is 20.2 Å². The van der Waals surface area contributed by atoms with Crippen molar-refractivity contribution in [1.29, 1.82) is 0 Å². The highest BCUT2D eigenvalue weighted by atomic mass is 32.1. The number of aromatic nitrogens is 2. The lowest BCUT2D eigenvalue weighted by Crippen LogP contribution is -2.48. The van der Waals surface area contributed by atoms with Crippen LogP contribution in [-0.4, -0.2) is 39.0 Å². The predicted octanol–water partition coefficient (Wildman–Crippen LogP) is 1.33. The van der Waals surface area contributed by atoms with E-state index in [0.717, 1.165) is 37.1 Å². The molecule has 1 aromatic rings. The molecule has 1 saturated heterocycles. The van der Waals surface area contributed by atoms with Gasteiger partial charge in [0.15, 0.2) is 0 Å². The molecule has 3 rings (SSSR count). The molecule has 1 aliphatic carbocycles. The maximum absolute atomic E-state index is 12.6. The van der Waals surface area contributed by atoms with Crippen LogP contribution in [0, 0.1) is 0 Å². The van der Waals surface area contributed by atoms with Crippen LogP contribution in [0.15, 0.2) is 0 Å². The van der Waals surface area contributed by atoms with Crippen LogP contribution < -0.4 is 10.6 Å². The van der Waals surface area contributed by atoms with Crippen molar-refractivity contribution in [2.75, 3.05) is 12.4 Å². The van der Waals surface area contributed by atoms with Gasteiger partial charge in [0, 0.05) is 18.6 Å². The summed E-state index contributed by atoms with van der Waals surface area (Å²) >= 11 is 1.22. The first-order chi connectivity index (χ1) is 9.66. The first kappa shape index (κ1) is 13.3. The topological polar surface area (TPSA) is 87.2 Å². The number of carbonyl (C=O) groups is 2. The second kappa shape index (κ2) is 5.01. The second-order valence-corrected chi connectivity index (χ2v) is 6.02. The van der Waals surface area contributed by atoms with Crippen molar-refractivity contribution in [3.05, 3.63) is 5.69 Å². The van der Waals surface area contributed by atoms with Crippen molar-refractivity contribution in [1.82, 2.24) is 19.8 Å². The van der Waals surface area contributed by atoms with Crippen LogP contribution in [0.1, 0.15) is 37.8 Å². The molecule has 0 bridgehead atoms. The summed E-state index contributed by atoms with van der Waals surface area (Å²) in [7, 11) is 1.77. The summed E-state index contributed by atoms with van der Waals surface area (Å²) in [5.41, 5.74) is -0.0349. The minimum Gasteiger partial charge on any atom is -0.377 e. The van der Waals surface area contributed by atoms with E-state index in [1.807, 2.05) is 0 Å². The van der Waals surface area contributed by atoms with Crippen LogP contribution in [0.4, 0.5) is 9.80 Å². The van der Waals surface area contributed by atoms with Gasteiger partial charge in [-0.05, 0) is 12.8 Å². The highest BCUT2D eigenvalue weighted by molar-refractivity contribution is 7.10. The molecule has 2 N–H and O–H groups in total. The van der Waals surface area contributed by atoms with Gasteiger partial charge in [-0.2, -0.15) is 0 Å². The highest BCUT2D eigenvalue weighted by Crippen LogP contribution is 2.34. The zero-order valence-corrected chi connectivity index (χ0v) is 12.1. The fourth-order valence-electron chi connectivity index (χ4n) is 2.97. The number of nitrogens with one attached hydrogen (secondary N) is 2. The molecule has 1 aromatic heterocycles. The Kier molecular flexibility index (Phi) is 3.33. The molecule has 0 radical (unpaired) electrons. The van der Waals surface area contributed by atoms with E-state index >= 15 is 0 Å². The third-order valence-corrected chi connectivity index (χ3v) is 4.83. The number of anilines is 1. The zero-order chi connectivity index (χ0) is 14.2. The fourth-order valence-corrected chi connectivity index (χ4v) is 3.49. The number of hydrogen-bond acceptors (Lipinski definition) is 6. The largest absolute Gasteiger partial charge is 0.377 e. The Balaban J connectivity index is 1.80. The molecule has 2 aliphatic rings. The smallest absolute Gasteiger partial charge is 0.325 e. The van der Waals surface area contributed by atoms with Crippen molar-refractivity contribution in [3.8, 4) is 0 Å². The molecule has 2 fully saturated rings. The SMILES string of the molecule is CNc1snnc1CN1C(=O)NC2(CCCCC2)C1=O. The van der Waals surface area contributed by atoms with E-state index in [1.54, 1.807) is 7.05 Å². The quantitative estimate of drug-likeness (QED) is 0.822. The van der Waals surface area contributed by atoms with E-state index < -0.39 is 5.54 Å². The maximum atomic E-state index is 12.6. The molecule has 0 unspecified atom stereocenters. The molecule has 0 atom stereocenters. The minimum absolute atomic E-state index is 0.114. The van der Waals surface area contributed by atoms with Gasteiger partial charge in [-0.3, -0.25) is 9.69 Å². The first-order valence-corrected chi connectivity index (χ1v) is 7.57. The number of amides is 3. The third-order valence-electron chi connectivity index (χ3n) is 4.04. The summed E-state index contributed by atoms with van der Waals surface area (Å²) in [6.45, 7) is 0.180. The number of carbonyl (C=O) groups excluding carboxylic acids is 2. The summed E-state index contributed by atoms with van der Waals surface area (Å²) in [5.74, 6) is -0.114. The summed E-state index contributed by atoms with van der Waals surface area (Å²) in [4.78, 5) is 26.0. The number of urea groups is 1. The van der Waals surface area contributed by atoms with Crippen LogP contribution in [0.3, 0.4) is 0 Å². The standard InChI is InChI=1S/C12H17N5O2S/c1-13-9-8(15-16-20-9)7-17-10(18)12(14-11(17)19)5-3-2-4-6-12/h13H,2-7H2,1H3,(H,14,19). The Labute approximate surface area is 120 Å². The van der Waals surface area contributed by atoms with Gasteiger partial charge in [0.1, 0.15) is 16.2 Å². The van der Waals surface area contributed by atoms with Crippen LogP contribution >= 0.6 is 11.5 Å². The van der Waals surface area contributed by atoms with Crippen molar-refractivity contribution in [2.45, 2.75) is 44.2 Å². The molecule has 3 amide bonds. The number of nitrogens with zero attached hydrogens (tertiary/aromatic N) is 3. The lowest BCUT2D eigenvalue weighted by molar-refractivity contribution is -0.132. The molecule has 108 valence electrons. The monoisotopic (exact) mass is 295 g/mol. The second-order valence-electron chi connectivity index (χ2n) is 5.26. The Hall–Kier alpha value is -1.70. The van der Waals surface area contributed by atoms with Crippen LogP contribution in [0.25, 0.3) is 0 Å². The Bertz CT molecular complexity index is 538. The zero-order valence-electron chi connectivity index (χ0n) is 11.3.